The van der Waals surface area contributed by atoms with Gasteiger partial charge in [0.15, 0.2) is 0 Å². The molecular formula is C13H18N6O2. The van der Waals surface area contributed by atoms with E-state index >= 15 is 0 Å². The fourth-order valence-electron chi connectivity index (χ4n) is 2.08. The summed E-state index contributed by atoms with van der Waals surface area (Å²) in [6.45, 7) is 3.96. The molecule has 3 heterocycles. The van der Waals surface area contributed by atoms with Crippen LogP contribution >= 0.6 is 0 Å². The second kappa shape index (κ2) is 6.49. The summed E-state index contributed by atoms with van der Waals surface area (Å²) in [5.74, 6) is 0.958. The molecule has 112 valence electrons. The van der Waals surface area contributed by atoms with Crippen molar-refractivity contribution in [2.45, 2.75) is 25.9 Å². The van der Waals surface area contributed by atoms with E-state index in [0.29, 0.717) is 24.5 Å². The van der Waals surface area contributed by atoms with Gasteiger partial charge >= 0.3 is 6.01 Å². The predicted molar refractivity (Wildman–Crippen MR) is 75.6 cm³/mol. The van der Waals surface area contributed by atoms with Gasteiger partial charge in [-0.3, -0.25) is 4.57 Å². The van der Waals surface area contributed by atoms with Crippen LogP contribution in [0.15, 0.2) is 18.7 Å². The van der Waals surface area contributed by atoms with E-state index in [0.717, 1.165) is 26.0 Å². The third kappa shape index (κ3) is 3.46. The number of hydrogen-bond donors (Lipinski definition) is 1. The Balaban J connectivity index is 1.77. The highest BCUT2D eigenvalue weighted by Gasteiger charge is 2.17. The first-order valence-corrected chi connectivity index (χ1v) is 7.08. The summed E-state index contributed by atoms with van der Waals surface area (Å²) >= 11 is 0. The molecule has 0 radical (unpaired) electrons. The van der Waals surface area contributed by atoms with Crippen LogP contribution in [0.4, 0.5) is 5.95 Å². The van der Waals surface area contributed by atoms with Crippen molar-refractivity contribution in [1.29, 1.82) is 0 Å². The van der Waals surface area contributed by atoms with Crippen molar-refractivity contribution < 1.29 is 9.47 Å². The summed E-state index contributed by atoms with van der Waals surface area (Å²) in [5, 5.41) is 3.07. The molecule has 2 aromatic rings. The van der Waals surface area contributed by atoms with Gasteiger partial charge in [0.25, 0.3) is 0 Å². The highest BCUT2D eigenvalue weighted by molar-refractivity contribution is 5.30. The maximum Gasteiger partial charge on any atom is 0.323 e. The second-order valence-corrected chi connectivity index (χ2v) is 4.69. The highest BCUT2D eigenvalue weighted by atomic mass is 16.5. The SMILES string of the molecule is CCNc1nc(OCC2CCCO2)nc(-n2ccnc2)n1. The van der Waals surface area contributed by atoms with Gasteiger partial charge in [-0.05, 0) is 19.8 Å². The van der Waals surface area contributed by atoms with E-state index in [9.17, 15) is 0 Å². The van der Waals surface area contributed by atoms with E-state index in [4.69, 9.17) is 9.47 Å². The number of imidazole rings is 1. The Bertz CT molecular complexity index is 568. The molecular weight excluding hydrogens is 272 g/mol. The van der Waals surface area contributed by atoms with Crippen LogP contribution in [0, 0.1) is 0 Å². The number of hydrogen-bond acceptors (Lipinski definition) is 7. The number of nitrogens with zero attached hydrogens (tertiary/aromatic N) is 5. The van der Waals surface area contributed by atoms with E-state index in [2.05, 4.69) is 25.3 Å². The number of nitrogens with one attached hydrogen (secondary N) is 1. The summed E-state index contributed by atoms with van der Waals surface area (Å²) in [6.07, 6.45) is 7.29. The summed E-state index contributed by atoms with van der Waals surface area (Å²) in [6, 6.07) is 0.292. The Morgan fingerprint density at radius 1 is 1.43 bits per heavy atom. The quantitative estimate of drug-likeness (QED) is 0.850. The van der Waals surface area contributed by atoms with Crippen molar-refractivity contribution in [2.24, 2.45) is 0 Å². The number of aromatic nitrogens is 5. The zero-order valence-corrected chi connectivity index (χ0v) is 11.9. The summed E-state index contributed by atoms with van der Waals surface area (Å²) in [4.78, 5) is 16.9. The average molecular weight is 290 g/mol. The molecule has 21 heavy (non-hydrogen) atoms. The molecule has 0 aliphatic carbocycles. The fraction of sp³-hybridized carbons (Fsp3) is 0.538. The molecule has 1 fully saturated rings. The average Bonchev–Trinajstić information content (AvgIpc) is 3.19. The lowest BCUT2D eigenvalue weighted by atomic mass is 10.2. The van der Waals surface area contributed by atoms with Crippen molar-refractivity contribution >= 4 is 5.95 Å². The first-order chi connectivity index (χ1) is 10.3. The van der Waals surface area contributed by atoms with Gasteiger partial charge < -0.3 is 14.8 Å². The van der Waals surface area contributed by atoms with Crippen LogP contribution in [0.1, 0.15) is 19.8 Å². The van der Waals surface area contributed by atoms with Crippen LogP contribution in [0.25, 0.3) is 5.95 Å². The molecule has 0 spiro atoms. The molecule has 8 heteroatoms. The normalized spacial score (nSPS) is 17.9. The third-order valence-corrected chi connectivity index (χ3v) is 3.10. The topological polar surface area (TPSA) is 87.0 Å². The van der Waals surface area contributed by atoms with Crippen LogP contribution < -0.4 is 10.1 Å². The molecule has 3 rings (SSSR count). The van der Waals surface area contributed by atoms with Crippen molar-refractivity contribution in [3.63, 3.8) is 0 Å². The first kappa shape index (κ1) is 13.7. The zero-order valence-electron chi connectivity index (χ0n) is 11.9. The monoisotopic (exact) mass is 290 g/mol. The van der Waals surface area contributed by atoms with Crippen molar-refractivity contribution in [2.75, 3.05) is 25.1 Å². The van der Waals surface area contributed by atoms with Crippen LogP contribution in [-0.4, -0.2) is 50.4 Å². The van der Waals surface area contributed by atoms with Gasteiger partial charge in [-0.2, -0.15) is 15.0 Å². The van der Waals surface area contributed by atoms with E-state index in [1.54, 1.807) is 23.3 Å². The predicted octanol–water partition coefficient (Wildman–Crippen LogP) is 1.05. The molecule has 8 nitrogen and oxygen atoms in total. The first-order valence-electron chi connectivity index (χ1n) is 7.08. The standard InChI is InChI=1S/C13H18N6O2/c1-2-15-11-16-12(19-6-5-14-9-19)18-13(17-11)21-8-10-4-3-7-20-10/h5-6,9-10H,2-4,7-8H2,1H3,(H,15,16,17,18). The Labute approximate surface area is 122 Å². The second-order valence-electron chi connectivity index (χ2n) is 4.69. The van der Waals surface area contributed by atoms with Crippen LogP contribution in [-0.2, 0) is 4.74 Å². The Morgan fingerprint density at radius 3 is 3.10 bits per heavy atom. The van der Waals surface area contributed by atoms with E-state index in [1.165, 1.54) is 0 Å². The van der Waals surface area contributed by atoms with Gasteiger partial charge in [0, 0.05) is 25.5 Å². The molecule has 0 aromatic carbocycles. The van der Waals surface area contributed by atoms with Crippen molar-refractivity contribution in [3.8, 4) is 12.0 Å². The lowest BCUT2D eigenvalue weighted by Gasteiger charge is -2.12. The van der Waals surface area contributed by atoms with Crippen molar-refractivity contribution in [3.05, 3.63) is 18.7 Å². The Hall–Kier alpha value is -2.22. The van der Waals surface area contributed by atoms with Gasteiger partial charge in [-0.25, -0.2) is 4.98 Å². The molecule has 1 atom stereocenters. The number of rotatable bonds is 6. The lowest BCUT2D eigenvalue weighted by Crippen LogP contribution is -2.18. The van der Waals surface area contributed by atoms with Crippen LogP contribution in [0.2, 0.25) is 0 Å². The third-order valence-electron chi connectivity index (χ3n) is 3.10. The Kier molecular flexibility index (Phi) is 4.25. The van der Waals surface area contributed by atoms with E-state index < -0.39 is 0 Å². The Morgan fingerprint density at radius 2 is 2.38 bits per heavy atom. The van der Waals surface area contributed by atoms with Crippen LogP contribution in [0.3, 0.4) is 0 Å². The molecule has 0 bridgehead atoms. The largest absolute Gasteiger partial charge is 0.461 e. The maximum atomic E-state index is 5.65. The molecule has 0 amide bonds. The highest BCUT2D eigenvalue weighted by Crippen LogP contribution is 2.15. The number of ether oxygens (including phenoxy) is 2. The zero-order chi connectivity index (χ0) is 14.5. The van der Waals surface area contributed by atoms with Gasteiger partial charge in [0.05, 0.1) is 6.10 Å². The summed E-state index contributed by atoms with van der Waals surface area (Å²) in [5.41, 5.74) is 0. The molecule has 1 aliphatic heterocycles. The van der Waals surface area contributed by atoms with Gasteiger partial charge in [0.2, 0.25) is 11.9 Å². The fourth-order valence-corrected chi connectivity index (χ4v) is 2.08. The molecule has 1 unspecified atom stereocenters. The summed E-state index contributed by atoms with van der Waals surface area (Å²) < 4.78 is 12.9. The van der Waals surface area contributed by atoms with E-state index in [-0.39, 0.29) is 6.10 Å². The smallest absolute Gasteiger partial charge is 0.323 e. The molecule has 2 aromatic heterocycles. The molecule has 1 saturated heterocycles. The molecule has 1 N–H and O–H groups in total. The molecule has 0 saturated carbocycles. The van der Waals surface area contributed by atoms with Gasteiger partial charge in [-0.1, -0.05) is 0 Å². The minimum Gasteiger partial charge on any atom is -0.461 e. The van der Waals surface area contributed by atoms with Gasteiger partial charge in [-0.15, -0.1) is 0 Å². The molecule has 1 aliphatic rings. The minimum absolute atomic E-state index is 0.126. The van der Waals surface area contributed by atoms with Crippen molar-refractivity contribution in [1.82, 2.24) is 24.5 Å². The lowest BCUT2D eigenvalue weighted by molar-refractivity contribution is 0.0645. The minimum atomic E-state index is 0.126. The van der Waals surface area contributed by atoms with Gasteiger partial charge in [0.1, 0.15) is 12.9 Å². The number of anilines is 1. The summed E-state index contributed by atoms with van der Waals surface area (Å²) in [7, 11) is 0. The van der Waals surface area contributed by atoms with E-state index in [1.807, 2.05) is 6.92 Å². The van der Waals surface area contributed by atoms with Crippen LogP contribution in [0.5, 0.6) is 6.01 Å². The maximum absolute atomic E-state index is 5.65.